The van der Waals surface area contributed by atoms with Gasteiger partial charge in [-0.3, -0.25) is 9.11 Å². The Balaban J connectivity index is 0. The van der Waals surface area contributed by atoms with Crippen LogP contribution in [0.5, 0.6) is 0 Å². The highest BCUT2D eigenvalue weighted by atomic mass is 35.5. The first-order valence-electron chi connectivity index (χ1n) is 3.69. The molecule has 0 aromatic carbocycles. The van der Waals surface area contributed by atoms with E-state index in [4.69, 9.17) is 32.7 Å². The molecule has 0 saturated carbocycles. The summed E-state index contributed by atoms with van der Waals surface area (Å²) in [6.45, 7) is 0.112. The van der Waals surface area contributed by atoms with Crippen LogP contribution < -0.4 is 9.67 Å². The summed E-state index contributed by atoms with van der Waals surface area (Å²) in [4.78, 5) is 4.11. The van der Waals surface area contributed by atoms with Crippen molar-refractivity contribution in [1.29, 1.82) is 0 Å². The van der Waals surface area contributed by atoms with Gasteiger partial charge in [-0.2, -0.15) is 16.8 Å². The van der Waals surface area contributed by atoms with Crippen molar-refractivity contribution < 1.29 is 25.9 Å². The van der Waals surface area contributed by atoms with Crippen LogP contribution in [0.25, 0.3) is 0 Å². The van der Waals surface area contributed by atoms with E-state index in [0.29, 0.717) is 0 Å². The molecule has 0 aliphatic carbocycles. The molecule has 16 heavy (non-hydrogen) atoms. The Labute approximate surface area is 104 Å². The fourth-order valence-electron chi connectivity index (χ4n) is 0.335. The average molecular weight is 319 g/mol. The number of halogens is 2. The van der Waals surface area contributed by atoms with Gasteiger partial charge >= 0.3 is 0 Å². The van der Waals surface area contributed by atoms with Crippen molar-refractivity contribution in [3.8, 4) is 0 Å². The van der Waals surface area contributed by atoms with Crippen LogP contribution in [0.3, 0.4) is 0 Å². The van der Waals surface area contributed by atoms with Crippen molar-refractivity contribution in [3.63, 3.8) is 0 Å². The minimum absolute atomic E-state index is 0.0559. The van der Waals surface area contributed by atoms with E-state index in [1.165, 1.54) is 0 Å². The van der Waals surface area contributed by atoms with Gasteiger partial charge in [0.15, 0.2) is 0 Å². The van der Waals surface area contributed by atoms with E-state index in [-0.39, 0.29) is 24.6 Å². The Hall–Kier alpha value is 0.320. The molecule has 100 valence electrons. The zero-order valence-corrected chi connectivity index (χ0v) is 11.1. The van der Waals surface area contributed by atoms with E-state index in [2.05, 4.69) is 9.67 Å². The molecular formula is C4H12Cl2N2O6S2. The number of nitrogens with one attached hydrogen (secondary N) is 2. The van der Waals surface area contributed by atoms with Crippen LogP contribution >= 0.6 is 23.6 Å². The second-order valence-electron chi connectivity index (χ2n) is 2.34. The van der Waals surface area contributed by atoms with Gasteiger partial charge in [0, 0.05) is 13.1 Å². The highest BCUT2D eigenvalue weighted by molar-refractivity contribution is 7.86. The summed E-state index contributed by atoms with van der Waals surface area (Å²) < 4.78 is 55.4. The van der Waals surface area contributed by atoms with E-state index in [0.717, 1.165) is 0 Å². The van der Waals surface area contributed by atoms with Crippen molar-refractivity contribution in [1.82, 2.24) is 9.67 Å². The zero-order chi connectivity index (χ0) is 13.2. The first kappa shape index (κ1) is 18.7. The quantitative estimate of drug-likeness (QED) is 0.371. The van der Waals surface area contributed by atoms with Crippen LogP contribution in [0.15, 0.2) is 0 Å². The van der Waals surface area contributed by atoms with Crippen molar-refractivity contribution in [2.45, 2.75) is 0 Å². The fraction of sp³-hybridized carbons (Fsp3) is 1.00. The molecule has 0 amide bonds. The molecule has 0 radical (unpaired) electrons. The normalized spacial score (nSPS) is 11.8. The Bertz CT molecular complexity index is 319. The molecule has 0 aliphatic heterocycles. The second-order valence-corrected chi connectivity index (χ2v) is 6.02. The lowest BCUT2D eigenvalue weighted by molar-refractivity contribution is 0.480. The minimum atomic E-state index is -3.83. The predicted molar refractivity (Wildman–Crippen MR) is 60.5 cm³/mol. The van der Waals surface area contributed by atoms with Gasteiger partial charge in [0.1, 0.15) is 0 Å². The molecule has 0 rings (SSSR count). The third-order valence-corrected chi connectivity index (χ3v) is 2.73. The van der Waals surface area contributed by atoms with Crippen molar-refractivity contribution in [3.05, 3.63) is 0 Å². The summed E-state index contributed by atoms with van der Waals surface area (Å²) in [7, 11) is -7.67. The summed E-state index contributed by atoms with van der Waals surface area (Å²) >= 11 is 9.76. The molecule has 0 aliphatic rings. The fourth-order valence-corrected chi connectivity index (χ4v) is 1.47. The summed E-state index contributed by atoms with van der Waals surface area (Å²) in [6, 6.07) is 0. The Morgan fingerprint density at radius 3 is 1.12 bits per heavy atom. The molecule has 4 N–H and O–H groups in total. The highest BCUT2D eigenvalue weighted by Crippen LogP contribution is 1.78. The molecule has 8 nitrogen and oxygen atoms in total. The van der Waals surface area contributed by atoms with Gasteiger partial charge in [0.25, 0.3) is 20.2 Å². The lowest BCUT2D eigenvalue weighted by Crippen LogP contribution is -2.14. The molecule has 0 heterocycles. The van der Waals surface area contributed by atoms with E-state index in [9.17, 15) is 16.8 Å². The molecule has 0 saturated heterocycles. The monoisotopic (exact) mass is 318 g/mol. The molecule has 0 unspecified atom stereocenters. The Morgan fingerprint density at radius 1 is 0.812 bits per heavy atom. The molecule has 0 bridgehead atoms. The molecule has 0 aromatic rings. The summed E-state index contributed by atoms with van der Waals surface area (Å²) in [5, 5.41) is 0. The molecule has 0 spiro atoms. The first-order valence-corrected chi connectivity index (χ1v) is 7.67. The van der Waals surface area contributed by atoms with Gasteiger partial charge in [-0.15, -0.1) is 0 Å². The largest absolute Gasteiger partial charge is 0.286 e. The highest BCUT2D eigenvalue weighted by Gasteiger charge is 2.01. The molecule has 0 atom stereocenters. The zero-order valence-electron chi connectivity index (χ0n) is 7.93. The lowest BCUT2D eigenvalue weighted by Gasteiger charge is -1.90. The summed E-state index contributed by atoms with van der Waals surface area (Å²) in [6.07, 6.45) is 0. The van der Waals surface area contributed by atoms with Gasteiger partial charge in [0.2, 0.25) is 0 Å². The van der Waals surface area contributed by atoms with E-state index < -0.39 is 20.2 Å². The maximum absolute atomic E-state index is 9.85. The summed E-state index contributed by atoms with van der Waals surface area (Å²) in [5.74, 6) is -0.701. The van der Waals surface area contributed by atoms with Crippen LogP contribution in [0, 0.1) is 0 Å². The van der Waals surface area contributed by atoms with Crippen molar-refractivity contribution in [2.75, 3.05) is 24.6 Å². The van der Waals surface area contributed by atoms with Gasteiger partial charge in [-0.05, 0) is 23.6 Å². The van der Waals surface area contributed by atoms with E-state index in [1.54, 1.807) is 0 Å². The van der Waals surface area contributed by atoms with Gasteiger partial charge in [-0.1, -0.05) is 0 Å². The average Bonchev–Trinajstić information content (AvgIpc) is 2.10. The molecular weight excluding hydrogens is 307 g/mol. The molecule has 12 heteroatoms. The van der Waals surface area contributed by atoms with Gasteiger partial charge in [-0.25, -0.2) is 9.67 Å². The standard InChI is InChI=1S/2C2H6ClNO3S/c2*3-4-1-2-8(5,6)7/h2*4H,1-2H2,(H,5,6,7). The van der Waals surface area contributed by atoms with Gasteiger partial charge < -0.3 is 0 Å². The topological polar surface area (TPSA) is 133 Å². The van der Waals surface area contributed by atoms with Crippen molar-refractivity contribution in [2.24, 2.45) is 0 Å². The van der Waals surface area contributed by atoms with Crippen LogP contribution in [-0.2, 0) is 20.2 Å². The Kier molecular flexibility index (Phi) is 10.9. The van der Waals surface area contributed by atoms with Crippen LogP contribution in [0.4, 0.5) is 0 Å². The predicted octanol–water partition coefficient (Wildman–Crippen LogP) is -0.765. The third kappa shape index (κ3) is 23.9. The van der Waals surface area contributed by atoms with E-state index in [1.807, 2.05) is 0 Å². The number of hydrogen-bond donors (Lipinski definition) is 4. The van der Waals surface area contributed by atoms with Crippen molar-refractivity contribution >= 4 is 43.8 Å². The molecule has 0 aromatic heterocycles. The van der Waals surface area contributed by atoms with Crippen LogP contribution in [0.1, 0.15) is 0 Å². The van der Waals surface area contributed by atoms with Gasteiger partial charge in [0.05, 0.1) is 11.5 Å². The lowest BCUT2D eigenvalue weighted by atomic mass is 10.8. The SMILES string of the molecule is O=S(=O)(O)CCNCl.O=S(=O)(O)CCNCl. The first-order chi connectivity index (χ1) is 7.12. The number of hydrogen-bond acceptors (Lipinski definition) is 6. The third-order valence-electron chi connectivity index (χ3n) is 0.909. The number of rotatable bonds is 6. The maximum Gasteiger partial charge on any atom is 0.266 e. The minimum Gasteiger partial charge on any atom is -0.286 e. The second kappa shape index (κ2) is 9.36. The molecule has 0 fully saturated rings. The smallest absolute Gasteiger partial charge is 0.266 e. The maximum atomic E-state index is 9.85. The van der Waals surface area contributed by atoms with Crippen LogP contribution in [0.2, 0.25) is 0 Å². The summed E-state index contributed by atoms with van der Waals surface area (Å²) in [5.41, 5.74) is 0. The Morgan fingerprint density at radius 2 is 1.06 bits per heavy atom. The van der Waals surface area contributed by atoms with Crippen LogP contribution in [-0.4, -0.2) is 50.5 Å². The van der Waals surface area contributed by atoms with E-state index >= 15 is 0 Å².